The zero-order chi connectivity index (χ0) is 12.4. The molecular weight excluding hydrogens is 260 g/mol. The quantitative estimate of drug-likeness (QED) is 0.882. The normalized spacial score (nSPS) is 10.2. The first-order chi connectivity index (χ1) is 8.11. The average molecular weight is 269 g/mol. The van der Waals surface area contributed by atoms with Gasteiger partial charge < -0.3 is 11.1 Å². The Balaban J connectivity index is 2.08. The van der Waals surface area contributed by atoms with Crippen molar-refractivity contribution in [2.45, 2.75) is 6.54 Å². The minimum Gasteiger partial charge on any atom is -0.384 e. The SMILES string of the molecule is Cn1ncc(CNc2nc(Cl)c(C#N)s2)c1N. The Morgan fingerprint density at radius 2 is 2.47 bits per heavy atom. The largest absolute Gasteiger partial charge is 0.384 e. The molecule has 17 heavy (non-hydrogen) atoms. The molecule has 0 aliphatic heterocycles. The fraction of sp³-hybridized carbons (Fsp3) is 0.222. The number of rotatable bonds is 3. The lowest BCUT2D eigenvalue weighted by Gasteiger charge is -2.01. The Hall–Kier alpha value is -1.78. The molecule has 0 radical (unpaired) electrons. The van der Waals surface area contributed by atoms with Crippen LogP contribution in [0.3, 0.4) is 0 Å². The smallest absolute Gasteiger partial charge is 0.185 e. The third kappa shape index (κ3) is 2.33. The summed E-state index contributed by atoms with van der Waals surface area (Å²) in [6.07, 6.45) is 1.68. The number of aromatic nitrogens is 3. The van der Waals surface area contributed by atoms with Crippen molar-refractivity contribution in [1.29, 1.82) is 5.26 Å². The average Bonchev–Trinajstić information content (AvgIpc) is 2.82. The number of nitrogen functional groups attached to an aromatic ring is 1. The molecule has 0 unspecified atom stereocenters. The van der Waals surface area contributed by atoms with Crippen LogP contribution in [0.5, 0.6) is 0 Å². The van der Waals surface area contributed by atoms with Crippen molar-refractivity contribution in [2.75, 3.05) is 11.1 Å². The van der Waals surface area contributed by atoms with Crippen molar-refractivity contribution >= 4 is 33.9 Å². The number of nitrogens with two attached hydrogens (primary N) is 1. The summed E-state index contributed by atoms with van der Waals surface area (Å²) >= 11 is 6.97. The number of nitriles is 1. The lowest BCUT2D eigenvalue weighted by atomic mass is 10.3. The summed E-state index contributed by atoms with van der Waals surface area (Å²) in [4.78, 5) is 4.41. The van der Waals surface area contributed by atoms with E-state index in [0.717, 1.165) is 5.56 Å². The highest BCUT2D eigenvalue weighted by atomic mass is 35.5. The number of nitrogens with one attached hydrogen (secondary N) is 1. The molecule has 2 rings (SSSR count). The molecule has 0 bridgehead atoms. The van der Waals surface area contributed by atoms with Gasteiger partial charge in [-0.05, 0) is 0 Å². The van der Waals surface area contributed by atoms with Gasteiger partial charge in [0.05, 0.1) is 6.20 Å². The van der Waals surface area contributed by atoms with E-state index in [4.69, 9.17) is 22.6 Å². The highest BCUT2D eigenvalue weighted by molar-refractivity contribution is 7.16. The fourth-order valence-corrected chi connectivity index (χ4v) is 2.19. The standard InChI is InChI=1S/C9H9ClN6S/c1-16-8(12)5(4-14-16)3-13-9-15-7(10)6(2-11)17-9/h4H,3,12H2,1H3,(H,13,15). The first kappa shape index (κ1) is 11.7. The van der Waals surface area contributed by atoms with Gasteiger partial charge in [-0.3, -0.25) is 4.68 Å². The Morgan fingerprint density at radius 1 is 1.71 bits per heavy atom. The van der Waals surface area contributed by atoms with Crippen LogP contribution in [-0.4, -0.2) is 14.8 Å². The number of nitrogens with zero attached hydrogens (tertiary/aromatic N) is 4. The van der Waals surface area contributed by atoms with E-state index < -0.39 is 0 Å². The highest BCUT2D eigenvalue weighted by Crippen LogP contribution is 2.26. The van der Waals surface area contributed by atoms with Crippen LogP contribution in [0, 0.1) is 11.3 Å². The first-order valence-electron chi connectivity index (χ1n) is 4.68. The molecule has 3 N–H and O–H groups in total. The van der Waals surface area contributed by atoms with Crippen molar-refractivity contribution in [3.63, 3.8) is 0 Å². The molecule has 2 heterocycles. The minimum absolute atomic E-state index is 0.221. The van der Waals surface area contributed by atoms with E-state index in [9.17, 15) is 0 Å². The van der Waals surface area contributed by atoms with Crippen molar-refractivity contribution in [3.05, 3.63) is 21.8 Å². The van der Waals surface area contributed by atoms with Crippen LogP contribution >= 0.6 is 22.9 Å². The van der Waals surface area contributed by atoms with Gasteiger partial charge in [0, 0.05) is 19.2 Å². The number of aryl methyl sites for hydroxylation is 1. The predicted molar refractivity (Wildman–Crippen MR) is 66.8 cm³/mol. The van der Waals surface area contributed by atoms with E-state index in [1.165, 1.54) is 11.3 Å². The Kier molecular flexibility index (Phi) is 3.17. The topological polar surface area (TPSA) is 92.5 Å². The van der Waals surface area contributed by atoms with Crippen LogP contribution in [-0.2, 0) is 13.6 Å². The highest BCUT2D eigenvalue weighted by Gasteiger charge is 2.09. The maximum absolute atomic E-state index is 8.74. The molecule has 0 aromatic carbocycles. The molecule has 0 aliphatic carbocycles. The lowest BCUT2D eigenvalue weighted by Crippen LogP contribution is -2.03. The summed E-state index contributed by atoms with van der Waals surface area (Å²) in [6, 6.07) is 1.97. The zero-order valence-electron chi connectivity index (χ0n) is 8.94. The number of halogens is 1. The van der Waals surface area contributed by atoms with Crippen LogP contribution in [0.2, 0.25) is 5.15 Å². The summed E-state index contributed by atoms with van der Waals surface area (Å²) < 4.78 is 1.59. The van der Waals surface area contributed by atoms with Crippen LogP contribution in [0.4, 0.5) is 10.9 Å². The monoisotopic (exact) mass is 268 g/mol. The Labute approximate surface area is 107 Å². The van der Waals surface area contributed by atoms with Gasteiger partial charge in [-0.2, -0.15) is 10.4 Å². The van der Waals surface area contributed by atoms with E-state index in [1.807, 2.05) is 6.07 Å². The number of anilines is 2. The van der Waals surface area contributed by atoms with Crippen LogP contribution in [0.15, 0.2) is 6.20 Å². The van der Waals surface area contributed by atoms with Gasteiger partial charge in [0.2, 0.25) is 0 Å². The molecule has 88 valence electrons. The van der Waals surface area contributed by atoms with Gasteiger partial charge in [0.1, 0.15) is 16.8 Å². The molecule has 0 saturated heterocycles. The third-order valence-electron chi connectivity index (χ3n) is 2.18. The van der Waals surface area contributed by atoms with E-state index in [-0.39, 0.29) is 5.15 Å². The Morgan fingerprint density at radius 3 is 3.00 bits per heavy atom. The van der Waals surface area contributed by atoms with E-state index in [2.05, 4.69) is 15.4 Å². The van der Waals surface area contributed by atoms with E-state index in [0.29, 0.717) is 22.4 Å². The summed E-state index contributed by atoms with van der Waals surface area (Å²) in [6.45, 7) is 0.494. The fourth-order valence-electron chi connectivity index (χ4n) is 1.25. The predicted octanol–water partition coefficient (Wildman–Crippen LogP) is 1.60. The second kappa shape index (κ2) is 4.61. The van der Waals surface area contributed by atoms with Crippen molar-refractivity contribution in [1.82, 2.24) is 14.8 Å². The maximum atomic E-state index is 8.74. The van der Waals surface area contributed by atoms with Crippen molar-refractivity contribution in [2.24, 2.45) is 7.05 Å². The van der Waals surface area contributed by atoms with Crippen molar-refractivity contribution in [3.8, 4) is 6.07 Å². The summed E-state index contributed by atoms with van der Waals surface area (Å²) in [5, 5.41) is 16.6. The molecule has 0 atom stereocenters. The molecule has 8 heteroatoms. The number of hydrogen-bond acceptors (Lipinski definition) is 6. The van der Waals surface area contributed by atoms with Crippen LogP contribution in [0.1, 0.15) is 10.4 Å². The van der Waals surface area contributed by atoms with Crippen LogP contribution < -0.4 is 11.1 Å². The van der Waals surface area contributed by atoms with E-state index >= 15 is 0 Å². The lowest BCUT2D eigenvalue weighted by molar-refractivity contribution is 0.778. The maximum Gasteiger partial charge on any atom is 0.185 e. The summed E-state index contributed by atoms with van der Waals surface area (Å²) in [5.41, 5.74) is 6.67. The second-order valence-electron chi connectivity index (χ2n) is 3.28. The van der Waals surface area contributed by atoms with Gasteiger partial charge in [-0.1, -0.05) is 22.9 Å². The molecule has 2 aromatic heterocycles. The van der Waals surface area contributed by atoms with Gasteiger partial charge in [0.25, 0.3) is 0 Å². The number of thiazole rings is 1. The number of hydrogen-bond donors (Lipinski definition) is 2. The molecule has 0 saturated carbocycles. The van der Waals surface area contributed by atoms with Gasteiger partial charge in [-0.15, -0.1) is 0 Å². The van der Waals surface area contributed by atoms with Gasteiger partial charge in [0.15, 0.2) is 10.3 Å². The molecule has 6 nitrogen and oxygen atoms in total. The summed E-state index contributed by atoms with van der Waals surface area (Å²) in [5.74, 6) is 0.598. The molecular formula is C9H9ClN6S. The third-order valence-corrected chi connectivity index (χ3v) is 3.49. The first-order valence-corrected chi connectivity index (χ1v) is 5.88. The van der Waals surface area contributed by atoms with Gasteiger partial charge >= 0.3 is 0 Å². The molecule has 0 fully saturated rings. The molecule has 0 spiro atoms. The van der Waals surface area contributed by atoms with Crippen molar-refractivity contribution < 1.29 is 0 Å². The van der Waals surface area contributed by atoms with E-state index in [1.54, 1.807) is 17.9 Å². The second-order valence-corrected chi connectivity index (χ2v) is 4.64. The van der Waals surface area contributed by atoms with Gasteiger partial charge in [-0.25, -0.2) is 4.98 Å². The Bertz CT molecular complexity index is 581. The zero-order valence-corrected chi connectivity index (χ0v) is 10.5. The summed E-state index contributed by atoms with van der Waals surface area (Å²) in [7, 11) is 1.77. The molecule has 0 aliphatic rings. The molecule has 0 amide bonds. The van der Waals surface area contributed by atoms with Crippen LogP contribution in [0.25, 0.3) is 0 Å². The minimum atomic E-state index is 0.221. The molecule has 2 aromatic rings.